The van der Waals surface area contributed by atoms with Crippen LogP contribution in [0.2, 0.25) is 5.02 Å². The fourth-order valence-corrected chi connectivity index (χ4v) is 1.56. The number of nitrogens with one attached hydrogen (secondary N) is 1. The summed E-state index contributed by atoms with van der Waals surface area (Å²) in [7, 11) is 0. The van der Waals surface area contributed by atoms with Crippen LogP contribution in [0.3, 0.4) is 0 Å². The van der Waals surface area contributed by atoms with Gasteiger partial charge in [0, 0.05) is 11.6 Å². The van der Waals surface area contributed by atoms with E-state index in [2.05, 4.69) is 5.32 Å². The van der Waals surface area contributed by atoms with Crippen LogP contribution < -0.4 is 5.32 Å². The van der Waals surface area contributed by atoms with E-state index in [0.29, 0.717) is 10.6 Å². The number of carbonyl (C=O) groups is 2. The van der Waals surface area contributed by atoms with Crippen molar-refractivity contribution in [2.75, 3.05) is 0 Å². The van der Waals surface area contributed by atoms with Gasteiger partial charge in [0.05, 0.1) is 5.56 Å². The molecular formula is C13H16ClNO4. The summed E-state index contributed by atoms with van der Waals surface area (Å²) in [6.45, 7) is 5.31. The van der Waals surface area contributed by atoms with E-state index in [4.69, 9.17) is 21.4 Å². The molecule has 0 bridgehead atoms. The van der Waals surface area contributed by atoms with Crippen LogP contribution in [-0.2, 0) is 11.3 Å². The van der Waals surface area contributed by atoms with Crippen molar-refractivity contribution < 1.29 is 19.4 Å². The molecule has 1 aromatic carbocycles. The van der Waals surface area contributed by atoms with Gasteiger partial charge in [0.25, 0.3) is 0 Å². The molecule has 0 unspecified atom stereocenters. The third-order valence-corrected chi connectivity index (χ3v) is 2.36. The summed E-state index contributed by atoms with van der Waals surface area (Å²) in [4.78, 5) is 22.5. The molecule has 0 aliphatic rings. The zero-order valence-electron chi connectivity index (χ0n) is 11.0. The predicted octanol–water partition coefficient (Wildman–Crippen LogP) is 3.06. The van der Waals surface area contributed by atoms with Crippen LogP contribution in [0.15, 0.2) is 18.2 Å². The van der Waals surface area contributed by atoms with Crippen LogP contribution in [0.5, 0.6) is 0 Å². The standard InChI is InChI=1S/C13H16ClNO4/c1-13(2,3)19-12(18)15-7-8-4-5-9(14)6-10(8)11(16)17/h4-6H,7H2,1-3H3,(H,15,18)(H,16,17). The average molecular weight is 286 g/mol. The molecule has 0 saturated carbocycles. The van der Waals surface area contributed by atoms with Crippen LogP contribution in [0.25, 0.3) is 0 Å². The van der Waals surface area contributed by atoms with E-state index in [-0.39, 0.29) is 12.1 Å². The minimum Gasteiger partial charge on any atom is -0.478 e. The molecule has 0 heterocycles. The highest BCUT2D eigenvalue weighted by Gasteiger charge is 2.17. The molecule has 0 aromatic heterocycles. The fourth-order valence-electron chi connectivity index (χ4n) is 1.38. The van der Waals surface area contributed by atoms with E-state index in [1.165, 1.54) is 6.07 Å². The third-order valence-electron chi connectivity index (χ3n) is 2.12. The third kappa shape index (κ3) is 5.18. The second kappa shape index (κ2) is 5.93. The lowest BCUT2D eigenvalue weighted by Gasteiger charge is -2.19. The Morgan fingerprint density at radius 2 is 2.00 bits per heavy atom. The summed E-state index contributed by atoms with van der Waals surface area (Å²) in [5.41, 5.74) is -0.0778. The zero-order chi connectivity index (χ0) is 14.6. The lowest BCUT2D eigenvalue weighted by Crippen LogP contribution is -2.32. The van der Waals surface area contributed by atoms with E-state index >= 15 is 0 Å². The van der Waals surface area contributed by atoms with Gasteiger partial charge in [-0.1, -0.05) is 17.7 Å². The van der Waals surface area contributed by atoms with Crippen molar-refractivity contribution in [3.63, 3.8) is 0 Å². The summed E-state index contributed by atoms with van der Waals surface area (Å²) in [6, 6.07) is 4.47. The van der Waals surface area contributed by atoms with Crippen LogP contribution in [-0.4, -0.2) is 22.8 Å². The zero-order valence-corrected chi connectivity index (χ0v) is 11.7. The maximum Gasteiger partial charge on any atom is 0.407 e. The Morgan fingerprint density at radius 3 is 2.53 bits per heavy atom. The molecule has 0 aliphatic heterocycles. The molecule has 104 valence electrons. The molecular weight excluding hydrogens is 270 g/mol. The molecule has 0 aliphatic carbocycles. The van der Waals surface area contributed by atoms with Crippen molar-refractivity contribution in [2.45, 2.75) is 32.9 Å². The number of ether oxygens (including phenoxy) is 1. The van der Waals surface area contributed by atoms with Crippen molar-refractivity contribution in [1.29, 1.82) is 0 Å². The van der Waals surface area contributed by atoms with E-state index < -0.39 is 17.7 Å². The number of hydrogen-bond acceptors (Lipinski definition) is 3. The molecule has 6 heteroatoms. The number of carbonyl (C=O) groups excluding carboxylic acids is 1. The second-order valence-corrected chi connectivity index (χ2v) is 5.40. The van der Waals surface area contributed by atoms with Crippen molar-refractivity contribution in [1.82, 2.24) is 5.32 Å². The number of carboxylic acids is 1. The van der Waals surface area contributed by atoms with Gasteiger partial charge in [-0.3, -0.25) is 0 Å². The Balaban J connectivity index is 2.73. The largest absolute Gasteiger partial charge is 0.478 e. The van der Waals surface area contributed by atoms with Crippen LogP contribution in [0.4, 0.5) is 4.79 Å². The van der Waals surface area contributed by atoms with Gasteiger partial charge in [-0.15, -0.1) is 0 Å². The minimum atomic E-state index is -1.09. The van der Waals surface area contributed by atoms with Crippen molar-refractivity contribution in [3.05, 3.63) is 34.3 Å². The first-order valence-electron chi connectivity index (χ1n) is 5.67. The first-order chi connectivity index (χ1) is 8.69. The van der Waals surface area contributed by atoms with Gasteiger partial charge in [-0.05, 0) is 38.5 Å². The monoisotopic (exact) mass is 285 g/mol. The topological polar surface area (TPSA) is 75.6 Å². The minimum absolute atomic E-state index is 0.0589. The molecule has 1 aromatic rings. The molecule has 0 radical (unpaired) electrons. The van der Waals surface area contributed by atoms with Crippen molar-refractivity contribution in [2.24, 2.45) is 0 Å². The number of carboxylic acid groups (broad SMARTS) is 1. The molecule has 19 heavy (non-hydrogen) atoms. The first-order valence-corrected chi connectivity index (χ1v) is 6.05. The number of amides is 1. The molecule has 1 amide bonds. The summed E-state index contributed by atoms with van der Waals surface area (Å²) in [5.74, 6) is -1.09. The SMILES string of the molecule is CC(C)(C)OC(=O)NCc1ccc(Cl)cc1C(=O)O. The number of alkyl carbamates (subject to hydrolysis) is 1. The quantitative estimate of drug-likeness (QED) is 0.895. The van der Waals surface area contributed by atoms with Gasteiger partial charge >= 0.3 is 12.1 Å². The average Bonchev–Trinajstić information content (AvgIpc) is 2.24. The highest BCUT2D eigenvalue weighted by molar-refractivity contribution is 6.30. The highest BCUT2D eigenvalue weighted by Crippen LogP contribution is 2.16. The summed E-state index contributed by atoms with van der Waals surface area (Å²) in [6.07, 6.45) is -0.598. The first kappa shape index (κ1) is 15.3. The maximum absolute atomic E-state index is 11.5. The summed E-state index contributed by atoms with van der Waals surface area (Å²) >= 11 is 5.74. The van der Waals surface area contributed by atoms with Gasteiger partial charge in [-0.25, -0.2) is 9.59 Å². The normalized spacial score (nSPS) is 10.9. The molecule has 0 fully saturated rings. The van der Waals surface area contributed by atoms with Crippen LogP contribution in [0.1, 0.15) is 36.7 Å². The van der Waals surface area contributed by atoms with Crippen molar-refractivity contribution >= 4 is 23.7 Å². The summed E-state index contributed by atoms with van der Waals surface area (Å²) < 4.78 is 5.06. The van der Waals surface area contributed by atoms with E-state index in [1.807, 2.05) is 0 Å². The number of halogens is 1. The fraction of sp³-hybridized carbons (Fsp3) is 0.385. The Kier molecular flexibility index (Phi) is 4.78. The van der Waals surface area contributed by atoms with Crippen molar-refractivity contribution in [3.8, 4) is 0 Å². The smallest absolute Gasteiger partial charge is 0.407 e. The number of benzene rings is 1. The lowest BCUT2D eigenvalue weighted by atomic mass is 10.1. The molecule has 0 spiro atoms. The number of aromatic carboxylic acids is 1. The van der Waals surface area contributed by atoms with Gasteiger partial charge in [0.1, 0.15) is 5.60 Å². The van der Waals surface area contributed by atoms with Crippen LogP contribution in [0, 0.1) is 0 Å². The Labute approximate surface area is 116 Å². The van der Waals surface area contributed by atoms with Gasteiger partial charge in [0.2, 0.25) is 0 Å². The Hall–Kier alpha value is -1.75. The van der Waals surface area contributed by atoms with Gasteiger partial charge in [0.15, 0.2) is 0 Å². The van der Waals surface area contributed by atoms with E-state index in [1.54, 1.807) is 32.9 Å². The Bertz CT molecular complexity index is 494. The molecule has 2 N–H and O–H groups in total. The molecule has 5 nitrogen and oxygen atoms in total. The molecule has 0 saturated heterocycles. The van der Waals surface area contributed by atoms with E-state index in [9.17, 15) is 9.59 Å². The second-order valence-electron chi connectivity index (χ2n) is 4.96. The highest BCUT2D eigenvalue weighted by atomic mass is 35.5. The summed E-state index contributed by atoms with van der Waals surface area (Å²) in [5, 5.41) is 11.9. The number of hydrogen-bond donors (Lipinski definition) is 2. The van der Waals surface area contributed by atoms with Gasteiger partial charge in [-0.2, -0.15) is 0 Å². The lowest BCUT2D eigenvalue weighted by molar-refractivity contribution is 0.0521. The molecule has 1 rings (SSSR count). The predicted molar refractivity (Wildman–Crippen MR) is 71.5 cm³/mol. The number of rotatable bonds is 3. The maximum atomic E-state index is 11.5. The Morgan fingerprint density at radius 1 is 1.37 bits per heavy atom. The van der Waals surface area contributed by atoms with Gasteiger partial charge < -0.3 is 15.2 Å². The van der Waals surface area contributed by atoms with Crippen LogP contribution >= 0.6 is 11.6 Å². The molecule has 0 atom stereocenters. The van der Waals surface area contributed by atoms with E-state index in [0.717, 1.165) is 0 Å².